The molecule has 5 nitrogen and oxygen atoms in total. The summed E-state index contributed by atoms with van der Waals surface area (Å²) < 4.78 is 5.56. The van der Waals surface area contributed by atoms with Crippen molar-refractivity contribution in [2.75, 3.05) is 0 Å². The molecule has 0 aliphatic carbocycles. The molecule has 112 valence electrons. The van der Waals surface area contributed by atoms with Gasteiger partial charge in [-0.3, -0.25) is 9.59 Å². The fraction of sp³-hybridized carbons (Fsp3) is 0.375. The van der Waals surface area contributed by atoms with E-state index in [1.165, 1.54) is 0 Å². The first kappa shape index (κ1) is 15.1. The highest BCUT2D eigenvalue weighted by Crippen LogP contribution is 2.26. The van der Waals surface area contributed by atoms with Crippen LogP contribution in [0.5, 0.6) is 0 Å². The summed E-state index contributed by atoms with van der Waals surface area (Å²) in [6.07, 6.45) is 1.69. The maximum absolute atomic E-state index is 12.0. The number of nitrogens with one attached hydrogen (secondary N) is 1. The van der Waals surface area contributed by atoms with Gasteiger partial charge in [-0.15, -0.1) is 0 Å². The van der Waals surface area contributed by atoms with Crippen LogP contribution in [0.3, 0.4) is 0 Å². The molecule has 0 saturated heterocycles. The summed E-state index contributed by atoms with van der Waals surface area (Å²) in [5.41, 5.74) is 3.82. The zero-order chi connectivity index (χ0) is 15.6. The van der Waals surface area contributed by atoms with Crippen LogP contribution in [0.2, 0.25) is 0 Å². The van der Waals surface area contributed by atoms with Crippen molar-refractivity contribution in [3.8, 4) is 0 Å². The molecule has 1 heterocycles. The van der Waals surface area contributed by atoms with E-state index in [4.69, 9.17) is 9.52 Å². The molecule has 1 amide bonds. The number of rotatable bonds is 5. The minimum absolute atomic E-state index is 0.0871. The first-order valence-corrected chi connectivity index (χ1v) is 6.86. The first-order chi connectivity index (χ1) is 9.88. The van der Waals surface area contributed by atoms with Crippen LogP contribution in [-0.2, 0) is 16.0 Å². The lowest BCUT2D eigenvalue weighted by molar-refractivity contribution is -0.137. The second-order valence-electron chi connectivity index (χ2n) is 5.39. The highest BCUT2D eigenvalue weighted by Gasteiger charge is 2.15. The highest BCUT2D eigenvalue weighted by molar-refractivity contribution is 5.89. The molecule has 0 aliphatic rings. The fourth-order valence-electron chi connectivity index (χ4n) is 2.34. The van der Waals surface area contributed by atoms with Gasteiger partial charge in [-0.05, 0) is 31.9 Å². The van der Waals surface area contributed by atoms with E-state index in [9.17, 15) is 9.59 Å². The second-order valence-corrected chi connectivity index (χ2v) is 5.39. The number of carbonyl (C=O) groups excluding carboxylic acids is 1. The number of hydrogen-bond acceptors (Lipinski definition) is 3. The molecule has 0 spiro atoms. The maximum Gasteiger partial charge on any atom is 0.305 e. The van der Waals surface area contributed by atoms with Crippen LogP contribution < -0.4 is 5.32 Å². The SMILES string of the molecule is Cc1ccc2c(CC(=O)NC(C)CC(=O)O)coc2c1C. The van der Waals surface area contributed by atoms with Crippen LogP contribution in [-0.4, -0.2) is 23.0 Å². The zero-order valence-electron chi connectivity index (χ0n) is 12.4. The van der Waals surface area contributed by atoms with Crippen LogP contribution in [0.4, 0.5) is 0 Å². The minimum Gasteiger partial charge on any atom is -0.481 e. The summed E-state index contributed by atoms with van der Waals surface area (Å²) in [4.78, 5) is 22.5. The number of carboxylic acid groups (broad SMARTS) is 1. The Kier molecular flexibility index (Phi) is 4.31. The lowest BCUT2D eigenvalue weighted by Crippen LogP contribution is -2.35. The van der Waals surface area contributed by atoms with E-state index < -0.39 is 12.0 Å². The van der Waals surface area contributed by atoms with Gasteiger partial charge >= 0.3 is 5.97 Å². The van der Waals surface area contributed by atoms with Crippen molar-refractivity contribution in [1.29, 1.82) is 0 Å². The summed E-state index contributed by atoms with van der Waals surface area (Å²) in [5.74, 6) is -1.13. The van der Waals surface area contributed by atoms with Crippen LogP contribution >= 0.6 is 0 Å². The molecule has 2 N–H and O–H groups in total. The predicted octanol–water partition coefficient (Wildman–Crippen LogP) is 2.57. The Bertz CT molecular complexity index is 687. The Morgan fingerprint density at radius 1 is 1.33 bits per heavy atom. The molecular weight excluding hydrogens is 270 g/mol. The Morgan fingerprint density at radius 3 is 2.71 bits per heavy atom. The lowest BCUT2D eigenvalue weighted by atomic mass is 10.0. The van der Waals surface area contributed by atoms with Crippen molar-refractivity contribution >= 4 is 22.8 Å². The standard InChI is InChI=1S/C16H19NO4/c1-9-4-5-13-12(8-21-16(13)11(9)3)7-14(18)17-10(2)6-15(19)20/h4-5,8,10H,6-7H2,1-3H3,(H,17,18)(H,19,20). The Balaban J connectivity index is 2.12. The monoisotopic (exact) mass is 289 g/mol. The Morgan fingerprint density at radius 2 is 2.05 bits per heavy atom. The maximum atomic E-state index is 12.0. The Hall–Kier alpha value is -2.30. The van der Waals surface area contributed by atoms with Gasteiger partial charge in [-0.25, -0.2) is 0 Å². The average molecular weight is 289 g/mol. The lowest BCUT2D eigenvalue weighted by Gasteiger charge is -2.11. The molecule has 0 saturated carbocycles. The van der Waals surface area contributed by atoms with Crippen molar-refractivity contribution in [2.24, 2.45) is 0 Å². The molecule has 1 aromatic carbocycles. The third-order valence-corrected chi connectivity index (χ3v) is 3.58. The van der Waals surface area contributed by atoms with Crippen molar-refractivity contribution in [3.05, 3.63) is 35.1 Å². The van der Waals surface area contributed by atoms with Gasteiger partial charge in [0.15, 0.2) is 0 Å². The molecule has 1 unspecified atom stereocenters. The number of hydrogen-bond donors (Lipinski definition) is 2. The highest BCUT2D eigenvalue weighted by atomic mass is 16.4. The average Bonchev–Trinajstić information content (AvgIpc) is 2.76. The van der Waals surface area contributed by atoms with Crippen molar-refractivity contribution in [3.63, 3.8) is 0 Å². The van der Waals surface area contributed by atoms with E-state index in [-0.39, 0.29) is 18.7 Å². The number of fused-ring (bicyclic) bond motifs is 1. The van der Waals surface area contributed by atoms with Gasteiger partial charge in [0, 0.05) is 17.0 Å². The number of furan rings is 1. The van der Waals surface area contributed by atoms with E-state index in [2.05, 4.69) is 5.32 Å². The van der Waals surface area contributed by atoms with E-state index in [1.807, 2.05) is 26.0 Å². The Labute approximate surface area is 122 Å². The number of carboxylic acids is 1. The van der Waals surface area contributed by atoms with Gasteiger partial charge in [-0.1, -0.05) is 12.1 Å². The van der Waals surface area contributed by atoms with Gasteiger partial charge < -0.3 is 14.8 Å². The molecule has 0 bridgehead atoms. The van der Waals surface area contributed by atoms with Crippen LogP contribution in [0.15, 0.2) is 22.8 Å². The number of amides is 1. The zero-order valence-corrected chi connectivity index (χ0v) is 12.4. The van der Waals surface area contributed by atoms with Gasteiger partial charge in [-0.2, -0.15) is 0 Å². The number of aliphatic carboxylic acids is 1. The van der Waals surface area contributed by atoms with Crippen molar-refractivity contribution < 1.29 is 19.1 Å². The van der Waals surface area contributed by atoms with E-state index in [0.29, 0.717) is 0 Å². The molecule has 0 fully saturated rings. The summed E-state index contributed by atoms with van der Waals surface area (Å²) in [6.45, 7) is 5.67. The normalized spacial score (nSPS) is 12.3. The number of benzene rings is 1. The topological polar surface area (TPSA) is 79.5 Å². The number of carbonyl (C=O) groups is 2. The third kappa shape index (κ3) is 3.42. The van der Waals surface area contributed by atoms with Gasteiger partial charge in [0.1, 0.15) is 5.58 Å². The molecule has 1 aromatic heterocycles. The molecular formula is C16H19NO4. The van der Waals surface area contributed by atoms with Crippen molar-refractivity contribution in [2.45, 2.75) is 39.7 Å². The largest absolute Gasteiger partial charge is 0.481 e. The molecule has 0 radical (unpaired) electrons. The van der Waals surface area contributed by atoms with Crippen LogP contribution in [0, 0.1) is 13.8 Å². The summed E-state index contributed by atoms with van der Waals surface area (Å²) in [5, 5.41) is 12.3. The fourth-order valence-corrected chi connectivity index (χ4v) is 2.34. The smallest absolute Gasteiger partial charge is 0.305 e. The molecule has 21 heavy (non-hydrogen) atoms. The van der Waals surface area contributed by atoms with Gasteiger partial charge in [0.25, 0.3) is 0 Å². The first-order valence-electron chi connectivity index (χ1n) is 6.86. The van der Waals surface area contributed by atoms with E-state index in [0.717, 1.165) is 27.7 Å². The van der Waals surface area contributed by atoms with E-state index in [1.54, 1.807) is 13.2 Å². The molecule has 0 aliphatic heterocycles. The third-order valence-electron chi connectivity index (χ3n) is 3.58. The molecule has 1 atom stereocenters. The number of aryl methyl sites for hydroxylation is 2. The van der Waals surface area contributed by atoms with E-state index >= 15 is 0 Å². The predicted molar refractivity (Wildman–Crippen MR) is 79.2 cm³/mol. The molecule has 2 rings (SSSR count). The van der Waals surface area contributed by atoms with Crippen LogP contribution in [0.25, 0.3) is 11.0 Å². The molecule has 2 aromatic rings. The minimum atomic E-state index is -0.928. The summed E-state index contributed by atoms with van der Waals surface area (Å²) in [7, 11) is 0. The van der Waals surface area contributed by atoms with Crippen molar-refractivity contribution in [1.82, 2.24) is 5.32 Å². The van der Waals surface area contributed by atoms with Crippen LogP contribution in [0.1, 0.15) is 30.0 Å². The molecule has 5 heteroatoms. The second kappa shape index (κ2) is 5.99. The van der Waals surface area contributed by atoms with Gasteiger partial charge in [0.05, 0.1) is 19.1 Å². The van der Waals surface area contributed by atoms with Gasteiger partial charge in [0.2, 0.25) is 5.91 Å². The summed E-state index contributed by atoms with van der Waals surface area (Å²) >= 11 is 0. The quantitative estimate of drug-likeness (QED) is 0.886. The summed E-state index contributed by atoms with van der Waals surface area (Å²) in [6, 6.07) is 3.56.